The van der Waals surface area contributed by atoms with E-state index in [1.54, 1.807) is 6.92 Å². The first kappa shape index (κ1) is 14.0. The summed E-state index contributed by atoms with van der Waals surface area (Å²) in [5, 5.41) is 10.8. The molecule has 0 amide bonds. The number of halogens is 2. The topological polar surface area (TPSA) is 69.4 Å². The lowest BCUT2D eigenvalue weighted by Crippen LogP contribution is -2.08. The first-order valence-corrected chi connectivity index (χ1v) is 5.13. The summed E-state index contributed by atoms with van der Waals surface area (Å²) in [4.78, 5) is 21.3. The highest BCUT2D eigenvalue weighted by Crippen LogP contribution is 2.30. The van der Waals surface area contributed by atoms with Crippen LogP contribution in [0.4, 0.5) is 14.5 Å². The minimum absolute atomic E-state index is 0.113. The maximum Gasteiger partial charge on any atom is 0.387 e. The molecule has 5 nitrogen and oxygen atoms in total. The normalized spacial score (nSPS) is 10.5. The van der Waals surface area contributed by atoms with Gasteiger partial charge in [0.05, 0.1) is 16.6 Å². The molecule has 0 unspecified atom stereocenters. The molecule has 1 rings (SSSR count). The number of rotatable bonds is 5. The van der Waals surface area contributed by atoms with E-state index < -0.39 is 23.0 Å². The number of ketones is 1. The van der Waals surface area contributed by atoms with Crippen LogP contribution in [-0.2, 0) is 6.42 Å². The first-order valence-electron chi connectivity index (χ1n) is 5.13. The van der Waals surface area contributed by atoms with E-state index >= 15 is 0 Å². The first-order chi connectivity index (χ1) is 8.36. The van der Waals surface area contributed by atoms with Gasteiger partial charge < -0.3 is 4.74 Å². The van der Waals surface area contributed by atoms with E-state index in [1.165, 1.54) is 13.0 Å². The number of nitro groups is 1. The zero-order valence-electron chi connectivity index (χ0n) is 9.78. The van der Waals surface area contributed by atoms with Crippen LogP contribution in [0.25, 0.3) is 0 Å². The molecule has 0 bridgehead atoms. The van der Waals surface area contributed by atoms with Crippen molar-refractivity contribution in [3.63, 3.8) is 0 Å². The van der Waals surface area contributed by atoms with Crippen molar-refractivity contribution in [2.75, 3.05) is 0 Å². The molecule has 0 spiro atoms. The largest absolute Gasteiger partial charge is 0.434 e. The van der Waals surface area contributed by atoms with Gasteiger partial charge in [-0.2, -0.15) is 8.78 Å². The number of nitro benzene ring substituents is 1. The second-order valence-electron chi connectivity index (χ2n) is 3.52. The molecule has 0 aliphatic heterocycles. The van der Waals surface area contributed by atoms with Gasteiger partial charge in [0.25, 0.3) is 5.69 Å². The van der Waals surface area contributed by atoms with E-state index in [9.17, 15) is 23.7 Å². The molecule has 1 aromatic carbocycles. The maximum absolute atomic E-state index is 12.2. The Morgan fingerprint density at radius 3 is 2.50 bits per heavy atom. The lowest BCUT2D eigenvalue weighted by atomic mass is 10.0. The number of alkyl halides is 2. The number of hydrogen-bond acceptors (Lipinski definition) is 4. The van der Waals surface area contributed by atoms with Crippen LogP contribution in [0, 0.1) is 10.1 Å². The fourth-order valence-corrected chi connectivity index (χ4v) is 1.53. The lowest BCUT2D eigenvalue weighted by Gasteiger charge is -2.10. The number of benzene rings is 1. The molecule has 0 aromatic heterocycles. The molecule has 0 heterocycles. The van der Waals surface area contributed by atoms with Gasteiger partial charge in [-0.05, 0) is 25.0 Å². The highest BCUT2D eigenvalue weighted by Gasteiger charge is 2.22. The fourth-order valence-electron chi connectivity index (χ4n) is 1.53. The number of nitrogens with zero attached hydrogens (tertiary/aromatic N) is 1. The van der Waals surface area contributed by atoms with E-state index in [0.717, 1.165) is 6.07 Å². The molecule has 0 N–H and O–H groups in total. The zero-order chi connectivity index (χ0) is 13.9. The molecular weight excluding hydrogens is 248 g/mol. The van der Waals surface area contributed by atoms with Crippen molar-refractivity contribution in [2.45, 2.75) is 26.9 Å². The third-order valence-corrected chi connectivity index (χ3v) is 2.35. The quantitative estimate of drug-likeness (QED) is 0.463. The summed E-state index contributed by atoms with van der Waals surface area (Å²) in [5.41, 5.74) is -0.320. The van der Waals surface area contributed by atoms with Crippen molar-refractivity contribution in [1.29, 1.82) is 0 Å². The standard InChI is InChI=1S/C11H11F2NO4/c1-3-7-4-8(6(2)15)9(14(16)17)5-10(7)18-11(12)13/h4-5,11H,3H2,1-2H3. The molecule has 0 saturated carbocycles. The smallest absolute Gasteiger partial charge is 0.387 e. The van der Waals surface area contributed by atoms with Crippen molar-refractivity contribution < 1.29 is 23.2 Å². The van der Waals surface area contributed by atoms with E-state index in [1.807, 2.05) is 0 Å². The summed E-state index contributed by atoms with van der Waals surface area (Å²) in [6.45, 7) is -0.225. The van der Waals surface area contributed by atoms with Gasteiger partial charge in [-0.15, -0.1) is 0 Å². The molecular formula is C11H11F2NO4. The van der Waals surface area contributed by atoms with Crippen LogP contribution in [-0.4, -0.2) is 17.3 Å². The zero-order valence-corrected chi connectivity index (χ0v) is 9.78. The van der Waals surface area contributed by atoms with E-state index in [-0.39, 0.29) is 11.3 Å². The average molecular weight is 259 g/mol. The number of hydrogen-bond donors (Lipinski definition) is 0. The highest BCUT2D eigenvalue weighted by molar-refractivity contribution is 5.98. The van der Waals surface area contributed by atoms with Crippen molar-refractivity contribution in [3.8, 4) is 5.75 Å². The van der Waals surface area contributed by atoms with Crippen molar-refractivity contribution in [2.24, 2.45) is 0 Å². The number of carbonyl (C=O) groups excluding carboxylic acids is 1. The molecule has 18 heavy (non-hydrogen) atoms. The Hall–Kier alpha value is -2.05. The Labute approximate surface area is 102 Å². The Kier molecular flexibility index (Phi) is 4.30. The molecule has 0 saturated heterocycles. The summed E-state index contributed by atoms with van der Waals surface area (Å²) in [5.74, 6) is -0.774. The highest BCUT2D eigenvalue weighted by atomic mass is 19.3. The lowest BCUT2D eigenvalue weighted by molar-refractivity contribution is -0.385. The van der Waals surface area contributed by atoms with Crippen molar-refractivity contribution >= 4 is 11.5 Å². The van der Waals surface area contributed by atoms with Crippen LogP contribution in [0.5, 0.6) is 5.75 Å². The van der Waals surface area contributed by atoms with E-state index in [0.29, 0.717) is 12.0 Å². The second kappa shape index (κ2) is 5.52. The fraction of sp³-hybridized carbons (Fsp3) is 0.364. The number of carbonyl (C=O) groups is 1. The second-order valence-corrected chi connectivity index (χ2v) is 3.52. The van der Waals surface area contributed by atoms with Crippen LogP contribution in [0.3, 0.4) is 0 Å². The molecule has 0 radical (unpaired) electrons. The number of ether oxygens (including phenoxy) is 1. The minimum atomic E-state index is -3.07. The predicted octanol–water partition coefficient (Wildman–Crippen LogP) is 2.96. The van der Waals surface area contributed by atoms with Gasteiger partial charge in [-0.25, -0.2) is 0 Å². The van der Waals surface area contributed by atoms with Gasteiger partial charge in [0, 0.05) is 0 Å². The summed E-state index contributed by atoms with van der Waals surface area (Å²) < 4.78 is 28.6. The van der Waals surface area contributed by atoms with E-state index in [2.05, 4.69) is 4.74 Å². The van der Waals surface area contributed by atoms with E-state index in [4.69, 9.17) is 0 Å². The molecule has 0 atom stereocenters. The Morgan fingerprint density at radius 1 is 1.50 bits per heavy atom. The summed E-state index contributed by atoms with van der Waals surface area (Å²) >= 11 is 0. The predicted molar refractivity (Wildman–Crippen MR) is 59.1 cm³/mol. The third kappa shape index (κ3) is 2.99. The van der Waals surface area contributed by atoms with Crippen LogP contribution in [0.1, 0.15) is 29.8 Å². The number of Topliss-reactive ketones (excluding diaryl/α,β-unsaturated/α-hetero) is 1. The molecule has 1 aromatic rings. The monoisotopic (exact) mass is 259 g/mol. The summed E-state index contributed by atoms with van der Waals surface area (Å²) in [6, 6.07) is 2.08. The Bertz CT molecular complexity index is 488. The summed E-state index contributed by atoms with van der Waals surface area (Å²) in [7, 11) is 0. The van der Waals surface area contributed by atoms with Gasteiger partial charge in [-0.3, -0.25) is 14.9 Å². The van der Waals surface area contributed by atoms with Gasteiger partial charge in [0.15, 0.2) is 5.78 Å². The van der Waals surface area contributed by atoms with Crippen molar-refractivity contribution in [3.05, 3.63) is 33.4 Å². The molecule has 0 aliphatic rings. The van der Waals surface area contributed by atoms with Gasteiger partial charge >= 0.3 is 6.61 Å². The van der Waals surface area contributed by atoms with Gasteiger partial charge in [0.2, 0.25) is 0 Å². The van der Waals surface area contributed by atoms with Gasteiger partial charge in [-0.1, -0.05) is 6.92 Å². The molecule has 0 fully saturated rings. The van der Waals surface area contributed by atoms with Crippen LogP contribution in [0.15, 0.2) is 12.1 Å². The SMILES string of the molecule is CCc1cc(C(C)=O)c([N+](=O)[O-])cc1OC(F)F. The third-order valence-electron chi connectivity index (χ3n) is 2.35. The molecule has 0 aliphatic carbocycles. The van der Waals surface area contributed by atoms with Crippen molar-refractivity contribution in [1.82, 2.24) is 0 Å². The summed E-state index contributed by atoms with van der Waals surface area (Å²) in [6.07, 6.45) is 0.320. The average Bonchev–Trinajstić information content (AvgIpc) is 2.27. The van der Waals surface area contributed by atoms with Crippen LogP contribution < -0.4 is 4.74 Å². The minimum Gasteiger partial charge on any atom is -0.434 e. The Morgan fingerprint density at radius 2 is 2.11 bits per heavy atom. The maximum atomic E-state index is 12.2. The van der Waals surface area contributed by atoms with Gasteiger partial charge in [0.1, 0.15) is 5.75 Å². The van der Waals surface area contributed by atoms with Crippen LogP contribution in [0.2, 0.25) is 0 Å². The molecule has 98 valence electrons. The van der Waals surface area contributed by atoms with Crippen LogP contribution >= 0.6 is 0 Å². The number of aryl methyl sites for hydroxylation is 1. The molecule has 7 heteroatoms. The Balaban J connectivity index is 3.41.